The van der Waals surface area contributed by atoms with Crippen molar-refractivity contribution < 1.29 is 14.3 Å². The van der Waals surface area contributed by atoms with E-state index in [4.69, 9.17) is 16.3 Å². The summed E-state index contributed by atoms with van der Waals surface area (Å²) in [6, 6.07) is 8.20. The van der Waals surface area contributed by atoms with Crippen molar-refractivity contribution in [3.8, 4) is 11.8 Å². The highest BCUT2D eigenvalue weighted by molar-refractivity contribution is 7.12. The summed E-state index contributed by atoms with van der Waals surface area (Å²) >= 11 is 7.20. The van der Waals surface area contributed by atoms with E-state index in [0.29, 0.717) is 21.3 Å². The topological polar surface area (TPSA) is 79.2 Å². The zero-order valence-electron chi connectivity index (χ0n) is 12.4. The van der Waals surface area contributed by atoms with Crippen LogP contribution in [0.15, 0.2) is 29.6 Å². The first-order chi connectivity index (χ1) is 11.0. The lowest BCUT2D eigenvalue weighted by Crippen LogP contribution is -2.28. The Morgan fingerprint density at radius 2 is 2.13 bits per heavy atom. The fraction of sp³-hybridized carbons (Fsp3) is 0.188. The highest BCUT2D eigenvalue weighted by Crippen LogP contribution is 2.28. The number of benzene rings is 1. The third-order valence-corrected chi connectivity index (χ3v) is 4.49. The van der Waals surface area contributed by atoms with Crippen molar-refractivity contribution in [2.45, 2.75) is 6.92 Å². The Hall–Kier alpha value is -2.36. The van der Waals surface area contributed by atoms with E-state index >= 15 is 0 Å². The molecule has 0 radical (unpaired) electrons. The number of anilines is 1. The number of ether oxygens (including phenoxy) is 1. The van der Waals surface area contributed by atoms with Crippen LogP contribution in [0.2, 0.25) is 5.02 Å². The van der Waals surface area contributed by atoms with Crippen molar-refractivity contribution >= 4 is 40.3 Å². The number of Topliss-reactive ketones (excluding diaryl/α,β-unsaturated/α-hetero) is 1. The first-order valence-corrected chi connectivity index (χ1v) is 7.86. The zero-order chi connectivity index (χ0) is 17.0. The smallest absolute Gasteiger partial charge is 0.249 e. The summed E-state index contributed by atoms with van der Waals surface area (Å²) in [5.74, 6) is -2.14. The van der Waals surface area contributed by atoms with Crippen molar-refractivity contribution in [3.63, 3.8) is 0 Å². The second-order valence-corrected chi connectivity index (χ2v) is 6.02. The number of rotatable bonds is 5. The number of thiophene rings is 1. The Morgan fingerprint density at radius 3 is 2.65 bits per heavy atom. The number of nitrogens with one attached hydrogen (secondary N) is 1. The van der Waals surface area contributed by atoms with E-state index in [2.05, 4.69) is 5.32 Å². The fourth-order valence-electron chi connectivity index (χ4n) is 1.95. The molecule has 1 unspecified atom stereocenters. The lowest BCUT2D eigenvalue weighted by atomic mass is 10.0. The molecule has 23 heavy (non-hydrogen) atoms. The van der Waals surface area contributed by atoms with Gasteiger partial charge in [-0.3, -0.25) is 9.59 Å². The predicted molar refractivity (Wildman–Crippen MR) is 89.1 cm³/mol. The molecule has 0 saturated carbocycles. The van der Waals surface area contributed by atoms with E-state index in [1.54, 1.807) is 36.6 Å². The first kappa shape index (κ1) is 17.0. The number of hydrogen-bond donors (Lipinski definition) is 1. The number of ketones is 1. The quantitative estimate of drug-likeness (QED) is 0.660. The molecule has 0 bridgehead atoms. The third kappa shape index (κ3) is 3.70. The van der Waals surface area contributed by atoms with Crippen LogP contribution in [-0.4, -0.2) is 18.8 Å². The molecule has 1 atom stereocenters. The molecule has 7 heteroatoms. The van der Waals surface area contributed by atoms with E-state index in [-0.39, 0.29) is 0 Å². The number of hydrogen-bond acceptors (Lipinski definition) is 5. The molecule has 0 spiro atoms. The van der Waals surface area contributed by atoms with E-state index in [9.17, 15) is 14.9 Å². The number of nitriles is 1. The normalized spacial score (nSPS) is 11.4. The lowest BCUT2D eigenvalue weighted by Gasteiger charge is -2.11. The van der Waals surface area contributed by atoms with Crippen LogP contribution >= 0.6 is 22.9 Å². The van der Waals surface area contributed by atoms with Gasteiger partial charge in [0.1, 0.15) is 5.75 Å². The average molecular weight is 349 g/mol. The Bertz CT molecular complexity index is 795. The molecule has 118 valence electrons. The van der Waals surface area contributed by atoms with Gasteiger partial charge < -0.3 is 10.1 Å². The zero-order valence-corrected chi connectivity index (χ0v) is 14.0. The standard InChI is InChI=1S/C16H13ClN2O3S/c1-9-5-6-23-15(9)14(20)11(8-18)16(21)19-10-3-4-13(22-2)12(17)7-10/h3-7,11H,1-2H3,(H,19,21). The molecule has 1 aromatic carbocycles. The van der Waals surface area contributed by atoms with Gasteiger partial charge in [-0.05, 0) is 42.1 Å². The Kier molecular flexibility index (Phi) is 5.37. The van der Waals surface area contributed by atoms with Gasteiger partial charge in [0, 0.05) is 5.69 Å². The summed E-state index contributed by atoms with van der Waals surface area (Å²) in [6.45, 7) is 1.76. The molecule has 0 aliphatic heterocycles. The van der Waals surface area contributed by atoms with E-state index in [1.807, 2.05) is 0 Å². The van der Waals surface area contributed by atoms with Crippen LogP contribution in [0.25, 0.3) is 0 Å². The summed E-state index contributed by atoms with van der Waals surface area (Å²) in [5.41, 5.74) is 1.14. The summed E-state index contributed by atoms with van der Waals surface area (Å²) in [7, 11) is 1.48. The van der Waals surface area contributed by atoms with E-state index in [0.717, 1.165) is 5.56 Å². The van der Waals surface area contributed by atoms with Crippen LogP contribution in [0.3, 0.4) is 0 Å². The maximum absolute atomic E-state index is 12.3. The molecule has 1 N–H and O–H groups in total. The minimum atomic E-state index is -1.41. The number of carbonyl (C=O) groups excluding carboxylic acids is 2. The number of aryl methyl sites for hydroxylation is 1. The maximum Gasteiger partial charge on any atom is 0.249 e. The van der Waals surface area contributed by atoms with Gasteiger partial charge in [-0.1, -0.05) is 11.6 Å². The molecule has 0 saturated heterocycles. The van der Waals surface area contributed by atoms with Crippen molar-refractivity contribution in [2.24, 2.45) is 5.92 Å². The molecular formula is C16H13ClN2O3S. The fourth-order valence-corrected chi connectivity index (χ4v) is 3.11. The average Bonchev–Trinajstić information content (AvgIpc) is 2.94. The van der Waals surface area contributed by atoms with Gasteiger partial charge >= 0.3 is 0 Å². The Labute approximate surface area is 142 Å². The van der Waals surface area contributed by atoms with Crippen molar-refractivity contribution in [2.75, 3.05) is 12.4 Å². The molecule has 2 rings (SSSR count). The van der Waals surface area contributed by atoms with Crippen LogP contribution in [0, 0.1) is 24.2 Å². The lowest BCUT2D eigenvalue weighted by molar-refractivity contribution is -0.117. The monoisotopic (exact) mass is 348 g/mol. The summed E-state index contributed by atoms with van der Waals surface area (Å²) in [4.78, 5) is 25.0. The summed E-state index contributed by atoms with van der Waals surface area (Å²) in [6.07, 6.45) is 0. The van der Waals surface area contributed by atoms with E-state index in [1.165, 1.54) is 24.5 Å². The van der Waals surface area contributed by atoms with Crippen molar-refractivity contribution in [1.29, 1.82) is 5.26 Å². The van der Waals surface area contributed by atoms with Gasteiger partial charge in [0.2, 0.25) is 5.91 Å². The van der Waals surface area contributed by atoms with Crippen molar-refractivity contribution in [1.82, 2.24) is 0 Å². The summed E-state index contributed by atoms with van der Waals surface area (Å²) in [5, 5.41) is 13.8. The molecule has 0 fully saturated rings. The molecule has 5 nitrogen and oxygen atoms in total. The second kappa shape index (κ2) is 7.27. The first-order valence-electron chi connectivity index (χ1n) is 6.60. The minimum Gasteiger partial charge on any atom is -0.495 e. The number of halogens is 1. The number of methoxy groups -OCH3 is 1. The van der Waals surface area contributed by atoms with Gasteiger partial charge in [0.05, 0.1) is 23.1 Å². The molecule has 0 aliphatic carbocycles. The number of nitrogens with zero attached hydrogens (tertiary/aromatic N) is 1. The molecular weight excluding hydrogens is 336 g/mol. The molecule has 1 heterocycles. The Morgan fingerprint density at radius 1 is 1.39 bits per heavy atom. The molecule has 0 aliphatic rings. The Balaban J connectivity index is 2.18. The predicted octanol–water partition coefficient (Wildman–Crippen LogP) is 3.68. The largest absolute Gasteiger partial charge is 0.495 e. The minimum absolute atomic E-state index is 0.319. The highest BCUT2D eigenvalue weighted by Gasteiger charge is 2.29. The van der Waals surface area contributed by atoms with E-state index < -0.39 is 17.6 Å². The van der Waals surface area contributed by atoms with Crippen LogP contribution in [0.4, 0.5) is 5.69 Å². The number of carbonyl (C=O) groups is 2. The van der Waals surface area contributed by atoms with Crippen LogP contribution in [-0.2, 0) is 4.79 Å². The van der Waals surface area contributed by atoms with Gasteiger partial charge in [-0.2, -0.15) is 5.26 Å². The second-order valence-electron chi connectivity index (χ2n) is 4.70. The highest BCUT2D eigenvalue weighted by atomic mass is 35.5. The SMILES string of the molecule is COc1ccc(NC(=O)C(C#N)C(=O)c2sccc2C)cc1Cl. The van der Waals surface area contributed by atoms with Crippen LogP contribution < -0.4 is 10.1 Å². The van der Waals surface area contributed by atoms with Gasteiger partial charge in [0.15, 0.2) is 11.7 Å². The maximum atomic E-state index is 12.3. The van der Waals surface area contributed by atoms with Crippen LogP contribution in [0.1, 0.15) is 15.2 Å². The molecule has 1 amide bonds. The molecule has 1 aromatic heterocycles. The van der Waals surface area contributed by atoms with Crippen LogP contribution in [0.5, 0.6) is 5.75 Å². The van der Waals surface area contributed by atoms with Gasteiger partial charge in [-0.15, -0.1) is 11.3 Å². The third-order valence-electron chi connectivity index (χ3n) is 3.16. The van der Waals surface area contributed by atoms with Gasteiger partial charge in [0.25, 0.3) is 0 Å². The van der Waals surface area contributed by atoms with Gasteiger partial charge in [-0.25, -0.2) is 0 Å². The summed E-state index contributed by atoms with van der Waals surface area (Å²) < 4.78 is 5.02. The molecule has 2 aromatic rings. The van der Waals surface area contributed by atoms with Crippen molar-refractivity contribution in [3.05, 3.63) is 45.1 Å². The number of amides is 1.